The zero-order valence-electron chi connectivity index (χ0n) is 11.1. The number of hydrogen-bond acceptors (Lipinski definition) is 3. The summed E-state index contributed by atoms with van der Waals surface area (Å²) in [5, 5.41) is 0. The van der Waals surface area contributed by atoms with E-state index in [2.05, 4.69) is 48.8 Å². The third-order valence-electron chi connectivity index (χ3n) is 1.96. The number of alkyl halides is 1. The van der Waals surface area contributed by atoms with Crippen molar-refractivity contribution in [3.8, 4) is 0 Å². The van der Waals surface area contributed by atoms with E-state index in [9.17, 15) is 0 Å². The first kappa shape index (κ1) is 17.3. The minimum Gasteiger partial charge on any atom is -0.423 e. The Morgan fingerprint density at radius 3 is 1.94 bits per heavy atom. The maximum atomic E-state index is 6.14. The monoisotopic (exact) mass is 392 g/mol. The molecule has 0 aliphatic heterocycles. The summed E-state index contributed by atoms with van der Waals surface area (Å²) in [6.45, 7) is 9.38. The van der Waals surface area contributed by atoms with Crippen LogP contribution in [0.1, 0.15) is 12.8 Å². The van der Waals surface area contributed by atoms with Gasteiger partial charge < -0.3 is 13.3 Å². The molecular weight excluding hydrogens is 367 g/mol. The average molecular weight is 392 g/mol. The molecule has 0 aromatic rings. The van der Waals surface area contributed by atoms with Crippen molar-refractivity contribution in [1.29, 1.82) is 0 Å². The molecular formula is C9H25IO3Si3. The highest BCUT2D eigenvalue weighted by atomic mass is 127. The van der Waals surface area contributed by atoms with Crippen molar-refractivity contribution >= 4 is 51.2 Å². The van der Waals surface area contributed by atoms with Gasteiger partial charge in [-0.2, -0.15) is 0 Å². The molecule has 7 heteroatoms. The molecule has 0 spiro atoms. The van der Waals surface area contributed by atoms with Crippen LogP contribution in [0.5, 0.6) is 0 Å². The van der Waals surface area contributed by atoms with E-state index in [0.29, 0.717) is 6.61 Å². The molecule has 0 radical (unpaired) electrons. The molecule has 0 rings (SSSR count). The highest BCUT2D eigenvalue weighted by molar-refractivity contribution is 14.1. The van der Waals surface area contributed by atoms with Crippen molar-refractivity contribution in [1.82, 2.24) is 0 Å². The van der Waals surface area contributed by atoms with Gasteiger partial charge in [0.2, 0.25) is 0 Å². The van der Waals surface area contributed by atoms with Gasteiger partial charge in [0.25, 0.3) is 0 Å². The normalized spacial score (nSPS) is 12.9. The zero-order valence-corrected chi connectivity index (χ0v) is 17.6. The Labute approximate surface area is 120 Å². The van der Waals surface area contributed by atoms with Gasteiger partial charge in [-0.25, -0.2) is 0 Å². The van der Waals surface area contributed by atoms with Gasteiger partial charge in [0.05, 0.1) is 6.61 Å². The molecule has 16 heavy (non-hydrogen) atoms. The second kappa shape index (κ2) is 9.23. The van der Waals surface area contributed by atoms with E-state index in [1.165, 1.54) is 0 Å². The summed E-state index contributed by atoms with van der Waals surface area (Å²) in [7, 11) is -1.45. The summed E-state index contributed by atoms with van der Waals surface area (Å²) in [6.07, 6.45) is 2.10. The lowest BCUT2D eigenvalue weighted by atomic mass is 10.2. The van der Waals surface area contributed by atoms with Crippen LogP contribution in [0.15, 0.2) is 0 Å². The van der Waals surface area contributed by atoms with Crippen LogP contribution in [0.2, 0.25) is 26.2 Å². The summed E-state index contributed by atoms with van der Waals surface area (Å²) < 4.78 is 18.9. The van der Waals surface area contributed by atoms with Crippen molar-refractivity contribution in [2.75, 3.05) is 11.0 Å². The van der Waals surface area contributed by atoms with Gasteiger partial charge in [-0.05, 0) is 37.0 Å². The Kier molecular flexibility index (Phi) is 9.95. The first-order valence-electron chi connectivity index (χ1n) is 5.86. The van der Waals surface area contributed by atoms with Crippen LogP contribution >= 0.6 is 22.6 Å². The van der Waals surface area contributed by atoms with Crippen molar-refractivity contribution < 1.29 is 13.3 Å². The number of rotatable bonds is 9. The Hall–Kier alpha value is 1.26. The maximum Gasteiger partial charge on any atom is 0.174 e. The van der Waals surface area contributed by atoms with Gasteiger partial charge in [-0.15, -0.1) is 0 Å². The molecule has 0 amide bonds. The molecule has 0 N–H and O–H groups in total. The molecule has 0 atom stereocenters. The Morgan fingerprint density at radius 1 is 1.12 bits per heavy atom. The first-order chi connectivity index (χ1) is 7.45. The van der Waals surface area contributed by atoms with Crippen LogP contribution in [0, 0.1) is 0 Å². The summed E-state index contributed by atoms with van der Waals surface area (Å²) in [4.78, 5) is 0. The molecule has 98 valence electrons. The van der Waals surface area contributed by atoms with E-state index >= 15 is 0 Å². The SMILES string of the molecule is C[SiH](C)OC(CCCI)(CO[SiH3])O[SiH](C)C. The molecule has 0 heterocycles. The third-order valence-corrected chi connectivity index (χ3v) is 4.81. The van der Waals surface area contributed by atoms with Crippen LogP contribution in [0.3, 0.4) is 0 Å². The van der Waals surface area contributed by atoms with Crippen LogP contribution in [0.4, 0.5) is 0 Å². The molecule has 0 fully saturated rings. The van der Waals surface area contributed by atoms with Crippen LogP contribution in [0.25, 0.3) is 0 Å². The minimum atomic E-state index is -1.10. The molecule has 0 saturated heterocycles. The summed E-state index contributed by atoms with van der Waals surface area (Å²) in [5.74, 6) is -0.423. The minimum absolute atomic E-state index is 0.423. The van der Waals surface area contributed by atoms with E-state index < -0.39 is 23.9 Å². The van der Waals surface area contributed by atoms with E-state index in [1.54, 1.807) is 0 Å². The predicted molar refractivity (Wildman–Crippen MR) is 86.7 cm³/mol. The van der Waals surface area contributed by atoms with E-state index in [4.69, 9.17) is 13.3 Å². The van der Waals surface area contributed by atoms with Crippen molar-refractivity contribution in [3.63, 3.8) is 0 Å². The number of hydrogen-bond donors (Lipinski definition) is 0. The lowest BCUT2D eigenvalue weighted by Gasteiger charge is -2.37. The van der Waals surface area contributed by atoms with Gasteiger partial charge >= 0.3 is 0 Å². The fourth-order valence-corrected chi connectivity index (χ4v) is 4.83. The highest BCUT2D eigenvalue weighted by Crippen LogP contribution is 2.23. The third kappa shape index (κ3) is 7.56. The Balaban J connectivity index is 4.58. The highest BCUT2D eigenvalue weighted by Gasteiger charge is 2.33. The van der Waals surface area contributed by atoms with Gasteiger partial charge in [-0.1, -0.05) is 22.6 Å². The van der Waals surface area contributed by atoms with Crippen molar-refractivity contribution in [3.05, 3.63) is 0 Å². The van der Waals surface area contributed by atoms with Crippen molar-refractivity contribution in [2.45, 2.75) is 44.8 Å². The first-order valence-corrected chi connectivity index (χ1v) is 13.8. The summed E-state index contributed by atoms with van der Waals surface area (Å²) in [5.41, 5.74) is 0. The molecule has 0 unspecified atom stereocenters. The molecule has 0 aliphatic carbocycles. The second-order valence-corrected chi connectivity index (χ2v) is 10.8. The number of halogens is 1. The van der Waals surface area contributed by atoms with Gasteiger partial charge in [0.15, 0.2) is 23.9 Å². The van der Waals surface area contributed by atoms with Crippen LogP contribution < -0.4 is 0 Å². The standard InChI is InChI=1S/C9H25IO3Si3/c1-15(2)12-9(8-11-14,6-5-7-10)13-16(3)4/h15-16H,5-8H2,1-4,14H3. The fourth-order valence-electron chi connectivity index (χ4n) is 1.70. The summed E-state index contributed by atoms with van der Waals surface area (Å²) >= 11 is 2.40. The molecule has 0 bridgehead atoms. The molecule has 3 nitrogen and oxygen atoms in total. The Morgan fingerprint density at radius 2 is 1.62 bits per heavy atom. The van der Waals surface area contributed by atoms with Gasteiger partial charge in [0, 0.05) is 6.42 Å². The quantitative estimate of drug-likeness (QED) is 0.255. The Bertz CT molecular complexity index is 171. The topological polar surface area (TPSA) is 27.7 Å². The lowest BCUT2D eigenvalue weighted by Crippen LogP contribution is -2.46. The molecule has 0 saturated carbocycles. The van der Waals surface area contributed by atoms with Gasteiger partial charge in [-0.3, -0.25) is 0 Å². The van der Waals surface area contributed by atoms with E-state index in [1.807, 2.05) is 0 Å². The van der Waals surface area contributed by atoms with E-state index in [0.717, 1.165) is 27.8 Å². The molecule has 0 aromatic carbocycles. The summed E-state index contributed by atoms with van der Waals surface area (Å²) in [6, 6.07) is 0. The fraction of sp³-hybridized carbons (Fsp3) is 1.00. The lowest BCUT2D eigenvalue weighted by molar-refractivity contribution is -0.148. The second-order valence-electron chi connectivity index (χ2n) is 4.47. The zero-order chi connectivity index (χ0) is 12.6. The molecule has 0 aliphatic rings. The largest absolute Gasteiger partial charge is 0.423 e. The van der Waals surface area contributed by atoms with Crippen LogP contribution in [-0.2, 0) is 13.3 Å². The maximum absolute atomic E-state index is 6.14. The van der Waals surface area contributed by atoms with E-state index in [-0.39, 0.29) is 0 Å². The van der Waals surface area contributed by atoms with Crippen LogP contribution in [-0.4, -0.2) is 45.4 Å². The van der Waals surface area contributed by atoms with Crippen molar-refractivity contribution in [2.24, 2.45) is 0 Å². The molecule has 0 aromatic heterocycles. The van der Waals surface area contributed by atoms with Gasteiger partial charge in [0.1, 0.15) is 10.5 Å². The predicted octanol–water partition coefficient (Wildman–Crippen LogP) is 1.19. The smallest absolute Gasteiger partial charge is 0.174 e. The average Bonchev–Trinajstić information content (AvgIpc) is 2.13.